The van der Waals surface area contributed by atoms with Crippen molar-refractivity contribution in [3.05, 3.63) is 0 Å². The predicted molar refractivity (Wildman–Crippen MR) is 91.7 cm³/mol. The number of hydrogen-bond donors (Lipinski definition) is 0. The Morgan fingerprint density at radius 3 is 2.13 bits per heavy atom. The van der Waals surface area contributed by atoms with Gasteiger partial charge in [0.1, 0.15) is 0 Å². The van der Waals surface area contributed by atoms with Gasteiger partial charge in [0.15, 0.2) is 0 Å². The molecule has 1 saturated carbocycles. The Morgan fingerprint density at radius 2 is 1.61 bits per heavy atom. The Balaban J connectivity index is 1.80. The molecule has 0 atom stereocenters. The average Bonchev–Trinajstić information content (AvgIpc) is 3.11. The van der Waals surface area contributed by atoms with E-state index in [1.807, 2.05) is 4.90 Å². The molecule has 0 aromatic carbocycles. The summed E-state index contributed by atoms with van der Waals surface area (Å²) in [5.41, 5.74) is 0. The smallest absolute Gasteiger partial charge is 0.223 e. The Morgan fingerprint density at radius 1 is 1.04 bits per heavy atom. The number of amides is 1. The lowest BCUT2D eigenvalue weighted by molar-refractivity contribution is -0.132. The zero-order chi connectivity index (χ0) is 16.9. The van der Waals surface area contributed by atoms with Crippen molar-refractivity contribution in [2.24, 2.45) is 0 Å². The number of nitrogens with zero attached hydrogens (tertiary/aromatic N) is 3. The summed E-state index contributed by atoms with van der Waals surface area (Å²) >= 11 is 0. The summed E-state index contributed by atoms with van der Waals surface area (Å²) in [6, 6.07) is 0. The van der Waals surface area contributed by atoms with E-state index in [1.54, 1.807) is 4.31 Å². The lowest BCUT2D eigenvalue weighted by Crippen LogP contribution is -2.52. The summed E-state index contributed by atoms with van der Waals surface area (Å²) in [6.45, 7) is 8.86. The molecule has 23 heavy (non-hydrogen) atoms. The summed E-state index contributed by atoms with van der Waals surface area (Å²) in [5.74, 6) is 0.148. The van der Waals surface area contributed by atoms with Gasteiger partial charge >= 0.3 is 0 Å². The van der Waals surface area contributed by atoms with Crippen molar-refractivity contribution in [2.45, 2.75) is 51.2 Å². The Kier molecular flexibility index (Phi) is 6.85. The van der Waals surface area contributed by atoms with Crippen LogP contribution in [0.2, 0.25) is 0 Å². The van der Waals surface area contributed by atoms with Crippen LogP contribution in [-0.2, 0) is 14.8 Å². The second-order valence-corrected chi connectivity index (χ2v) is 8.72. The van der Waals surface area contributed by atoms with Gasteiger partial charge in [-0.2, -0.15) is 4.31 Å². The number of sulfonamides is 1. The van der Waals surface area contributed by atoms with E-state index in [4.69, 9.17) is 0 Å². The molecule has 1 heterocycles. The molecule has 0 spiro atoms. The van der Waals surface area contributed by atoms with Gasteiger partial charge in [-0.25, -0.2) is 8.42 Å². The van der Waals surface area contributed by atoms with Gasteiger partial charge in [0.05, 0.1) is 5.25 Å². The predicted octanol–water partition coefficient (Wildman–Crippen LogP) is 1.13. The van der Waals surface area contributed by atoms with E-state index in [-0.39, 0.29) is 11.2 Å². The van der Waals surface area contributed by atoms with Crippen molar-refractivity contribution in [1.82, 2.24) is 14.1 Å². The quantitative estimate of drug-likeness (QED) is 0.694. The molecule has 2 rings (SSSR count). The summed E-state index contributed by atoms with van der Waals surface area (Å²) in [6.07, 6.45) is 4.16. The molecule has 0 unspecified atom stereocenters. The van der Waals surface area contributed by atoms with Crippen molar-refractivity contribution < 1.29 is 13.2 Å². The molecule has 0 aromatic heterocycles. The number of hydrogen-bond acceptors (Lipinski definition) is 4. The molecule has 1 amide bonds. The van der Waals surface area contributed by atoms with Crippen LogP contribution in [0.3, 0.4) is 0 Å². The third-order valence-corrected chi connectivity index (χ3v) is 7.61. The highest BCUT2D eigenvalue weighted by atomic mass is 32.2. The van der Waals surface area contributed by atoms with Crippen LogP contribution in [0.25, 0.3) is 0 Å². The number of piperazine rings is 1. The zero-order valence-electron chi connectivity index (χ0n) is 14.5. The van der Waals surface area contributed by atoms with Crippen LogP contribution in [0.1, 0.15) is 46.0 Å². The maximum atomic E-state index is 12.6. The summed E-state index contributed by atoms with van der Waals surface area (Å²) in [7, 11) is -3.16. The van der Waals surface area contributed by atoms with Crippen molar-refractivity contribution in [3.63, 3.8) is 0 Å². The maximum absolute atomic E-state index is 12.6. The standard InChI is InChI=1S/C16H31N3O3S/c1-3-17(4-2)10-9-16(20)18-11-13-19(14-12-18)23(21,22)15-7-5-6-8-15/h15H,3-14H2,1-2H3. The topological polar surface area (TPSA) is 60.9 Å². The van der Waals surface area contributed by atoms with Crippen molar-refractivity contribution in [3.8, 4) is 0 Å². The first kappa shape index (κ1) is 18.7. The molecule has 7 heteroatoms. The summed E-state index contributed by atoms with van der Waals surface area (Å²) < 4.78 is 26.8. The van der Waals surface area contributed by atoms with E-state index in [0.717, 1.165) is 45.3 Å². The Hall–Kier alpha value is -0.660. The van der Waals surface area contributed by atoms with Gasteiger partial charge in [-0.3, -0.25) is 4.79 Å². The van der Waals surface area contributed by atoms with Gasteiger partial charge in [-0.05, 0) is 25.9 Å². The van der Waals surface area contributed by atoms with Crippen LogP contribution in [0.4, 0.5) is 0 Å². The zero-order valence-corrected chi connectivity index (χ0v) is 15.4. The van der Waals surface area contributed by atoms with E-state index in [9.17, 15) is 13.2 Å². The van der Waals surface area contributed by atoms with E-state index < -0.39 is 10.0 Å². The number of carbonyl (C=O) groups excluding carboxylic acids is 1. The number of carbonyl (C=O) groups is 1. The summed E-state index contributed by atoms with van der Waals surface area (Å²) in [5, 5.41) is -0.188. The molecular formula is C16H31N3O3S. The van der Waals surface area contributed by atoms with E-state index in [2.05, 4.69) is 18.7 Å². The first-order valence-corrected chi connectivity index (χ1v) is 10.5. The highest BCUT2D eigenvalue weighted by Gasteiger charge is 2.36. The molecule has 0 radical (unpaired) electrons. The fourth-order valence-electron chi connectivity index (χ4n) is 3.54. The van der Waals surface area contributed by atoms with Crippen molar-refractivity contribution in [2.75, 3.05) is 45.8 Å². The first-order valence-electron chi connectivity index (χ1n) is 8.98. The highest BCUT2D eigenvalue weighted by Crippen LogP contribution is 2.27. The lowest BCUT2D eigenvalue weighted by atomic mass is 10.3. The van der Waals surface area contributed by atoms with Crippen molar-refractivity contribution in [1.29, 1.82) is 0 Å². The molecule has 1 aliphatic carbocycles. The van der Waals surface area contributed by atoms with Crippen molar-refractivity contribution >= 4 is 15.9 Å². The second kappa shape index (κ2) is 8.44. The number of rotatable bonds is 7. The van der Waals surface area contributed by atoms with Gasteiger partial charge in [-0.15, -0.1) is 0 Å². The van der Waals surface area contributed by atoms with E-state index in [0.29, 0.717) is 32.6 Å². The lowest BCUT2D eigenvalue weighted by Gasteiger charge is -2.35. The normalized spacial score (nSPS) is 21.3. The van der Waals surface area contributed by atoms with Crippen LogP contribution in [0.15, 0.2) is 0 Å². The molecule has 6 nitrogen and oxygen atoms in total. The van der Waals surface area contributed by atoms with Crippen LogP contribution < -0.4 is 0 Å². The maximum Gasteiger partial charge on any atom is 0.223 e. The van der Waals surface area contributed by atoms with Crippen LogP contribution in [0, 0.1) is 0 Å². The largest absolute Gasteiger partial charge is 0.340 e. The molecular weight excluding hydrogens is 314 g/mol. The minimum absolute atomic E-state index is 0.148. The fraction of sp³-hybridized carbons (Fsp3) is 0.938. The SMILES string of the molecule is CCN(CC)CCC(=O)N1CCN(S(=O)(=O)C2CCCC2)CC1. The third kappa shape index (κ3) is 4.67. The second-order valence-electron chi connectivity index (χ2n) is 6.51. The third-order valence-electron chi connectivity index (χ3n) is 5.21. The summed E-state index contributed by atoms with van der Waals surface area (Å²) in [4.78, 5) is 16.3. The van der Waals surface area contributed by atoms with Gasteiger partial charge in [0, 0.05) is 39.1 Å². The Labute approximate surface area is 140 Å². The first-order chi connectivity index (χ1) is 11.0. The molecule has 1 aliphatic heterocycles. The Bertz CT molecular complexity index is 477. The molecule has 0 bridgehead atoms. The van der Waals surface area contributed by atoms with Crippen LogP contribution in [0.5, 0.6) is 0 Å². The van der Waals surface area contributed by atoms with E-state index in [1.165, 1.54) is 0 Å². The van der Waals surface area contributed by atoms with Gasteiger partial charge in [0.2, 0.25) is 15.9 Å². The highest BCUT2D eigenvalue weighted by molar-refractivity contribution is 7.89. The van der Waals surface area contributed by atoms with Gasteiger partial charge in [0.25, 0.3) is 0 Å². The van der Waals surface area contributed by atoms with Crippen LogP contribution >= 0.6 is 0 Å². The molecule has 1 saturated heterocycles. The molecule has 2 fully saturated rings. The van der Waals surface area contributed by atoms with Gasteiger partial charge < -0.3 is 9.80 Å². The molecule has 0 aromatic rings. The molecule has 0 N–H and O–H groups in total. The molecule has 2 aliphatic rings. The molecule has 134 valence electrons. The monoisotopic (exact) mass is 345 g/mol. The fourth-order valence-corrected chi connectivity index (χ4v) is 5.56. The minimum atomic E-state index is -3.16. The van der Waals surface area contributed by atoms with E-state index >= 15 is 0 Å². The van der Waals surface area contributed by atoms with Gasteiger partial charge in [-0.1, -0.05) is 26.7 Å². The minimum Gasteiger partial charge on any atom is -0.340 e. The van der Waals surface area contributed by atoms with Crippen LogP contribution in [-0.4, -0.2) is 79.5 Å². The average molecular weight is 346 g/mol.